The van der Waals surface area contributed by atoms with E-state index in [1.807, 2.05) is 36.4 Å². The van der Waals surface area contributed by atoms with Gasteiger partial charge in [-0.05, 0) is 39.5 Å². The van der Waals surface area contributed by atoms with Crippen LogP contribution in [-0.2, 0) is 0 Å². The van der Waals surface area contributed by atoms with E-state index < -0.39 is 0 Å². The molecule has 2 aromatic heterocycles. The van der Waals surface area contributed by atoms with Gasteiger partial charge in [-0.1, -0.05) is 30.3 Å². The molecule has 98 valence electrons. The third-order valence-electron chi connectivity index (χ3n) is 2.85. The Bertz CT molecular complexity index is 783. The minimum absolute atomic E-state index is 0.271. The summed E-state index contributed by atoms with van der Waals surface area (Å²) in [6.07, 6.45) is 1.63. The van der Waals surface area contributed by atoms with Crippen molar-refractivity contribution >= 4 is 38.4 Å². The predicted molar refractivity (Wildman–Crippen MR) is 81.6 cm³/mol. The van der Waals surface area contributed by atoms with Crippen LogP contribution < -0.4 is 5.32 Å². The number of anilines is 1. The zero-order valence-electron chi connectivity index (χ0n) is 10.4. The molecule has 1 amide bonds. The molecule has 0 spiro atoms. The number of amides is 1. The quantitative estimate of drug-likeness (QED) is 0.731. The van der Waals surface area contributed by atoms with Gasteiger partial charge in [0.2, 0.25) is 0 Å². The van der Waals surface area contributed by atoms with Gasteiger partial charge in [-0.3, -0.25) is 9.78 Å². The topological polar surface area (TPSA) is 54.9 Å². The second kappa shape index (κ2) is 5.38. The minimum Gasteiger partial charge on any atom is -0.305 e. The first-order valence-corrected chi connectivity index (χ1v) is 6.81. The third kappa shape index (κ3) is 2.53. The Morgan fingerprint density at radius 1 is 1.05 bits per heavy atom. The number of nitrogens with zero attached hydrogens (tertiary/aromatic N) is 2. The van der Waals surface area contributed by atoms with E-state index in [1.165, 1.54) is 0 Å². The van der Waals surface area contributed by atoms with Crippen LogP contribution in [0.5, 0.6) is 0 Å². The number of hydrogen-bond donors (Lipinski definition) is 1. The summed E-state index contributed by atoms with van der Waals surface area (Å²) < 4.78 is 0.668. The number of carbonyl (C=O) groups is 1. The molecule has 0 fully saturated rings. The largest absolute Gasteiger partial charge is 0.305 e. The van der Waals surface area contributed by atoms with Gasteiger partial charge >= 0.3 is 0 Å². The molecule has 1 aromatic carbocycles. The van der Waals surface area contributed by atoms with Gasteiger partial charge in [0.1, 0.15) is 16.1 Å². The fourth-order valence-corrected chi connectivity index (χ4v) is 2.30. The highest BCUT2D eigenvalue weighted by Crippen LogP contribution is 2.18. The Hall–Kier alpha value is -2.27. The number of rotatable bonds is 2. The molecule has 0 saturated carbocycles. The Kier molecular flexibility index (Phi) is 3.43. The molecule has 4 nitrogen and oxygen atoms in total. The van der Waals surface area contributed by atoms with Gasteiger partial charge in [0.05, 0.1) is 0 Å². The van der Waals surface area contributed by atoms with E-state index in [4.69, 9.17) is 0 Å². The molecule has 0 radical (unpaired) electrons. The Morgan fingerprint density at radius 2 is 1.90 bits per heavy atom. The van der Waals surface area contributed by atoms with Crippen molar-refractivity contribution in [1.82, 2.24) is 9.97 Å². The number of aromatic nitrogens is 2. The molecule has 5 heteroatoms. The van der Waals surface area contributed by atoms with E-state index in [1.54, 1.807) is 18.3 Å². The van der Waals surface area contributed by atoms with E-state index in [0.29, 0.717) is 16.1 Å². The number of benzene rings is 1. The number of pyridine rings is 2. The second-order valence-electron chi connectivity index (χ2n) is 4.18. The summed E-state index contributed by atoms with van der Waals surface area (Å²) in [7, 11) is 0. The van der Waals surface area contributed by atoms with E-state index in [9.17, 15) is 4.79 Å². The molecule has 0 aliphatic heterocycles. The highest BCUT2D eigenvalue weighted by Gasteiger charge is 2.12. The van der Waals surface area contributed by atoms with Crippen LogP contribution in [-0.4, -0.2) is 15.9 Å². The zero-order valence-corrected chi connectivity index (χ0v) is 12.0. The second-order valence-corrected chi connectivity index (χ2v) is 4.99. The molecule has 3 aromatic rings. The molecule has 0 aliphatic rings. The Balaban J connectivity index is 1.97. The average Bonchev–Trinajstić information content (AvgIpc) is 2.46. The fraction of sp³-hybridized carbons (Fsp3) is 0. The van der Waals surface area contributed by atoms with Crippen LogP contribution in [0.4, 0.5) is 5.82 Å². The lowest BCUT2D eigenvalue weighted by atomic mass is 10.1. The summed E-state index contributed by atoms with van der Waals surface area (Å²) in [4.78, 5) is 20.7. The summed E-state index contributed by atoms with van der Waals surface area (Å²) in [5.74, 6) is 0.214. The summed E-state index contributed by atoms with van der Waals surface area (Å²) in [5, 5.41) is 4.55. The van der Waals surface area contributed by atoms with Gasteiger partial charge in [-0.15, -0.1) is 0 Å². The smallest absolute Gasteiger partial charge is 0.276 e. The van der Waals surface area contributed by atoms with Crippen LogP contribution in [0.15, 0.2) is 59.3 Å². The maximum atomic E-state index is 12.3. The van der Waals surface area contributed by atoms with Gasteiger partial charge in [0, 0.05) is 11.6 Å². The lowest BCUT2D eigenvalue weighted by Gasteiger charge is -2.06. The highest BCUT2D eigenvalue weighted by molar-refractivity contribution is 9.10. The molecule has 1 N–H and O–H groups in total. The summed E-state index contributed by atoms with van der Waals surface area (Å²) in [5.41, 5.74) is 0.393. The lowest BCUT2D eigenvalue weighted by molar-refractivity contribution is 0.102. The summed E-state index contributed by atoms with van der Waals surface area (Å²) >= 11 is 3.27. The SMILES string of the molecule is O=C(Nc1cccc(Br)n1)c1nccc2ccccc12. The van der Waals surface area contributed by atoms with Crippen molar-refractivity contribution in [3.8, 4) is 0 Å². The summed E-state index contributed by atoms with van der Waals surface area (Å²) in [6, 6.07) is 14.9. The van der Waals surface area contributed by atoms with Crippen LogP contribution in [0.1, 0.15) is 10.5 Å². The first-order valence-electron chi connectivity index (χ1n) is 6.02. The number of nitrogens with one attached hydrogen (secondary N) is 1. The predicted octanol–water partition coefficient (Wildman–Crippen LogP) is 3.64. The molecule has 3 rings (SSSR count). The maximum Gasteiger partial charge on any atom is 0.276 e. The van der Waals surface area contributed by atoms with Crippen molar-refractivity contribution < 1.29 is 4.79 Å². The molecule has 0 unspecified atom stereocenters. The number of halogens is 1. The highest BCUT2D eigenvalue weighted by atomic mass is 79.9. The van der Waals surface area contributed by atoms with Crippen LogP contribution >= 0.6 is 15.9 Å². The van der Waals surface area contributed by atoms with Crippen molar-refractivity contribution in [3.63, 3.8) is 0 Å². The molecule has 20 heavy (non-hydrogen) atoms. The van der Waals surface area contributed by atoms with E-state index in [0.717, 1.165) is 10.8 Å². The normalized spacial score (nSPS) is 10.4. The Labute approximate surface area is 124 Å². The fourth-order valence-electron chi connectivity index (χ4n) is 1.95. The van der Waals surface area contributed by atoms with Crippen molar-refractivity contribution in [2.45, 2.75) is 0 Å². The molecular formula is C15H10BrN3O. The van der Waals surface area contributed by atoms with Crippen LogP contribution in [0.2, 0.25) is 0 Å². The third-order valence-corrected chi connectivity index (χ3v) is 3.29. The number of carbonyl (C=O) groups excluding carboxylic acids is 1. The van der Waals surface area contributed by atoms with E-state index in [-0.39, 0.29) is 5.91 Å². The average molecular weight is 328 g/mol. The van der Waals surface area contributed by atoms with Crippen molar-refractivity contribution in [2.75, 3.05) is 5.32 Å². The molecule has 2 heterocycles. The van der Waals surface area contributed by atoms with Crippen molar-refractivity contribution in [3.05, 3.63) is 65.0 Å². The summed E-state index contributed by atoms with van der Waals surface area (Å²) in [6.45, 7) is 0. The standard InChI is InChI=1S/C15H10BrN3O/c16-12-6-3-7-13(18-12)19-15(20)14-11-5-2-1-4-10(11)8-9-17-14/h1-9H,(H,18,19,20). The van der Waals surface area contributed by atoms with Crippen molar-refractivity contribution in [1.29, 1.82) is 0 Å². The van der Waals surface area contributed by atoms with Gasteiger partial charge < -0.3 is 5.32 Å². The first kappa shape index (κ1) is 12.7. The van der Waals surface area contributed by atoms with Crippen LogP contribution in [0, 0.1) is 0 Å². The first-order chi connectivity index (χ1) is 9.74. The molecular weight excluding hydrogens is 318 g/mol. The van der Waals surface area contributed by atoms with Crippen LogP contribution in [0.3, 0.4) is 0 Å². The van der Waals surface area contributed by atoms with E-state index in [2.05, 4.69) is 31.2 Å². The zero-order chi connectivity index (χ0) is 13.9. The molecule has 0 bridgehead atoms. The van der Waals surface area contributed by atoms with Gasteiger partial charge in [-0.2, -0.15) is 0 Å². The van der Waals surface area contributed by atoms with Crippen molar-refractivity contribution in [2.24, 2.45) is 0 Å². The minimum atomic E-state index is -0.271. The molecule has 0 atom stereocenters. The monoisotopic (exact) mass is 327 g/mol. The van der Waals surface area contributed by atoms with E-state index >= 15 is 0 Å². The van der Waals surface area contributed by atoms with Gasteiger partial charge in [0.15, 0.2) is 0 Å². The lowest BCUT2D eigenvalue weighted by Crippen LogP contribution is -2.15. The number of fused-ring (bicyclic) bond motifs is 1. The Morgan fingerprint density at radius 3 is 2.75 bits per heavy atom. The van der Waals surface area contributed by atoms with Gasteiger partial charge in [-0.25, -0.2) is 4.98 Å². The van der Waals surface area contributed by atoms with Crippen LogP contribution in [0.25, 0.3) is 10.8 Å². The number of hydrogen-bond acceptors (Lipinski definition) is 3. The van der Waals surface area contributed by atoms with Gasteiger partial charge in [0.25, 0.3) is 5.91 Å². The maximum absolute atomic E-state index is 12.3. The molecule has 0 aliphatic carbocycles. The molecule has 0 saturated heterocycles.